The SMILES string of the molecule is COCc1ccc([C@@H](NC(=O)[C@@H]2CNC(=O)C2)C(=O)Nc2ccc(C(C)(C)C)c(Cl)c2)cc1. The Kier molecular flexibility index (Phi) is 7.76. The van der Waals surface area contributed by atoms with Crippen molar-refractivity contribution in [3.63, 3.8) is 0 Å². The van der Waals surface area contributed by atoms with Crippen molar-refractivity contribution in [2.45, 2.75) is 45.3 Å². The Morgan fingerprint density at radius 2 is 1.88 bits per heavy atom. The van der Waals surface area contributed by atoms with E-state index in [1.165, 1.54) is 0 Å². The second-order valence-corrected chi connectivity index (χ2v) is 9.66. The van der Waals surface area contributed by atoms with Crippen molar-refractivity contribution in [3.05, 3.63) is 64.2 Å². The summed E-state index contributed by atoms with van der Waals surface area (Å²) in [5, 5.41) is 8.87. The topological polar surface area (TPSA) is 96.5 Å². The number of amides is 3. The number of methoxy groups -OCH3 is 1. The first-order valence-electron chi connectivity index (χ1n) is 10.8. The standard InChI is InChI=1S/C25H30ClN3O4/c1-25(2,3)19-10-9-18(12-20(19)26)28-24(32)22(16-7-5-15(6-8-16)14-33-4)29-23(31)17-11-21(30)27-13-17/h5-10,12,17,22H,11,13-14H2,1-4H3,(H,27,30)(H,28,32)(H,29,31)/t17-,22+/m0/s1. The molecule has 8 heteroatoms. The summed E-state index contributed by atoms with van der Waals surface area (Å²) < 4.78 is 5.14. The van der Waals surface area contributed by atoms with E-state index in [4.69, 9.17) is 16.3 Å². The quantitative estimate of drug-likeness (QED) is 0.573. The van der Waals surface area contributed by atoms with E-state index in [2.05, 4.69) is 36.7 Å². The van der Waals surface area contributed by atoms with Crippen LogP contribution in [-0.4, -0.2) is 31.4 Å². The maximum Gasteiger partial charge on any atom is 0.251 e. The molecule has 3 N–H and O–H groups in total. The van der Waals surface area contributed by atoms with Gasteiger partial charge in [0.15, 0.2) is 0 Å². The van der Waals surface area contributed by atoms with Gasteiger partial charge in [0.05, 0.1) is 12.5 Å². The highest BCUT2D eigenvalue weighted by molar-refractivity contribution is 6.31. The molecule has 2 aromatic carbocycles. The Morgan fingerprint density at radius 1 is 1.18 bits per heavy atom. The lowest BCUT2D eigenvalue weighted by molar-refractivity contribution is -0.129. The third-order valence-electron chi connectivity index (χ3n) is 5.57. The van der Waals surface area contributed by atoms with Crippen LogP contribution in [0, 0.1) is 5.92 Å². The van der Waals surface area contributed by atoms with Crippen LogP contribution in [0.3, 0.4) is 0 Å². The van der Waals surface area contributed by atoms with Gasteiger partial charge in [-0.25, -0.2) is 0 Å². The van der Waals surface area contributed by atoms with Crippen LogP contribution in [0.15, 0.2) is 42.5 Å². The molecule has 2 atom stereocenters. The van der Waals surface area contributed by atoms with Gasteiger partial charge in [-0.1, -0.05) is 62.7 Å². The van der Waals surface area contributed by atoms with Crippen LogP contribution in [0.25, 0.3) is 0 Å². The smallest absolute Gasteiger partial charge is 0.251 e. The van der Waals surface area contributed by atoms with Crippen molar-refractivity contribution in [2.24, 2.45) is 5.92 Å². The third-order valence-corrected chi connectivity index (χ3v) is 5.88. The Bertz CT molecular complexity index is 1030. The van der Waals surface area contributed by atoms with Gasteiger partial charge in [-0.15, -0.1) is 0 Å². The molecule has 0 radical (unpaired) electrons. The molecule has 2 aromatic rings. The minimum atomic E-state index is -0.939. The van der Waals surface area contributed by atoms with Gasteiger partial charge in [-0.2, -0.15) is 0 Å². The number of halogens is 1. The fraction of sp³-hybridized carbons (Fsp3) is 0.400. The van der Waals surface area contributed by atoms with Crippen LogP contribution in [-0.2, 0) is 31.1 Å². The van der Waals surface area contributed by atoms with Crippen LogP contribution >= 0.6 is 11.6 Å². The van der Waals surface area contributed by atoms with Crippen LogP contribution in [0.1, 0.15) is 49.9 Å². The zero-order valence-electron chi connectivity index (χ0n) is 19.3. The van der Waals surface area contributed by atoms with E-state index in [1.54, 1.807) is 31.4 Å². The minimum absolute atomic E-state index is 0.108. The molecule has 1 heterocycles. The number of rotatable bonds is 7. The van der Waals surface area contributed by atoms with Crippen molar-refractivity contribution < 1.29 is 19.1 Å². The molecule has 3 rings (SSSR count). The number of carbonyl (C=O) groups is 3. The normalized spacial score (nSPS) is 16.8. The lowest BCUT2D eigenvalue weighted by atomic mass is 9.87. The Labute approximate surface area is 199 Å². The number of carbonyl (C=O) groups excluding carboxylic acids is 3. The van der Waals surface area contributed by atoms with Crippen molar-refractivity contribution in [3.8, 4) is 0 Å². The highest BCUT2D eigenvalue weighted by atomic mass is 35.5. The number of anilines is 1. The molecule has 0 aliphatic carbocycles. The van der Waals surface area contributed by atoms with Crippen LogP contribution in [0.5, 0.6) is 0 Å². The molecule has 3 amide bonds. The van der Waals surface area contributed by atoms with Gasteiger partial charge in [0, 0.05) is 30.8 Å². The first-order chi connectivity index (χ1) is 15.6. The van der Waals surface area contributed by atoms with Crippen molar-refractivity contribution in [2.75, 3.05) is 19.0 Å². The van der Waals surface area contributed by atoms with Gasteiger partial charge >= 0.3 is 0 Å². The van der Waals surface area contributed by atoms with Crippen LogP contribution < -0.4 is 16.0 Å². The van der Waals surface area contributed by atoms with E-state index in [9.17, 15) is 14.4 Å². The number of nitrogens with one attached hydrogen (secondary N) is 3. The van der Waals surface area contributed by atoms with E-state index in [-0.39, 0.29) is 30.2 Å². The maximum absolute atomic E-state index is 13.3. The van der Waals surface area contributed by atoms with E-state index in [1.807, 2.05) is 18.2 Å². The molecule has 176 valence electrons. The molecule has 1 aliphatic heterocycles. The first kappa shape index (κ1) is 24.7. The van der Waals surface area contributed by atoms with Gasteiger partial charge in [0.1, 0.15) is 6.04 Å². The summed E-state index contributed by atoms with van der Waals surface area (Å²) in [4.78, 5) is 37.6. The molecular formula is C25H30ClN3O4. The van der Waals surface area contributed by atoms with E-state index < -0.39 is 17.9 Å². The van der Waals surface area contributed by atoms with Gasteiger partial charge in [0.25, 0.3) is 5.91 Å². The predicted molar refractivity (Wildman–Crippen MR) is 128 cm³/mol. The third kappa shape index (κ3) is 6.33. The highest BCUT2D eigenvalue weighted by Crippen LogP contribution is 2.31. The molecule has 0 spiro atoms. The average molecular weight is 472 g/mol. The number of ether oxygens (including phenoxy) is 1. The highest BCUT2D eigenvalue weighted by Gasteiger charge is 2.32. The molecule has 0 bridgehead atoms. The average Bonchev–Trinajstić information content (AvgIpc) is 3.18. The summed E-state index contributed by atoms with van der Waals surface area (Å²) in [6.07, 6.45) is 0.108. The zero-order chi connectivity index (χ0) is 24.2. The number of benzene rings is 2. The minimum Gasteiger partial charge on any atom is -0.380 e. The fourth-order valence-electron chi connectivity index (χ4n) is 3.74. The van der Waals surface area contributed by atoms with E-state index in [0.29, 0.717) is 22.9 Å². The lowest BCUT2D eigenvalue weighted by Crippen LogP contribution is -2.40. The molecular weight excluding hydrogens is 442 g/mol. The number of hydrogen-bond donors (Lipinski definition) is 3. The fourth-order valence-corrected chi connectivity index (χ4v) is 4.20. The molecule has 0 aromatic heterocycles. The molecule has 0 saturated carbocycles. The Balaban J connectivity index is 1.83. The Morgan fingerprint density at radius 3 is 2.42 bits per heavy atom. The summed E-state index contributed by atoms with van der Waals surface area (Å²) in [5.74, 6) is -1.44. The predicted octanol–water partition coefficient (Wildman–Crippen LogP) is 3.72. The summed E-state index contributed by atoms with van der Waals surface area (Å²) in [7, 11) is 1.61. The first-order valence-corrected chi connectivity index (χ1v) is 11.2. The van der Waals surface area contributed by atoms with Gasteiger partial charge < -0.3 is 20.7 Å². The van der Waals surface area contributed by atoms with E-state index >= 15 is 0 Å². The molecule has 33 heavy (non-hydrogen) atoms. The molecule has 1 saturated heterocycles. The van der Waals surface area contributed by atoms with Crippen molar-refractivity contribution in [1.82, 2.24) is 10.6 Å². The van der Waals surface area contributed by atoms with Gasteiger partial charge in [0.2, 0.25) is 11.8 Å². The van der Waals surface area contributed by atoms with Crippen LogP contribution in [0.4, 0.5) is 5.69 Å². The monoisotopic (exact) mass is 471 g/mol. The Hall–Kier alpha value is -2.90. The molecule has 1 fully saturated rings. The molecule has 0 unspecified atom stereocenters. The second-order valence-electron chi connectivity index (χ2n) is 9.26. The zero-order valence-corrected chi connectivity index (χ0v) is 20.1. The van der Waals surface area contributed by atoms with Gasteiger partial charge in [-0.05, 0) is 34.2 Å². The summed E-state index contributed by atoms with van der Waals surface area (Å²) in [5.41, 5.74) is 2.94. The van der Waals surface area contributed by atoms with Crippen molar-refractivity contribution in [1.29, 1.82) is 0 Å². The molecule has 1 aliphatic rings. The van der Waals surface area contributed by atoms with Crippen LogP contribution in [0.2, 0.25) is 5.02 Å². The summed E-state index contributed by atoms with van der Waals surface area (Å²) in [6.45, 7) is 6.89. The summed E-state index contributed by atoms with van der Waals surface area (Å²) in [6, 6.07) is 11.7. The lowest BCUT2D eigenvalue weighted by Gasteiger charge is -2.23. The molecule has 7 nitrogen and oxygen atoms in total. The van der Waals surface area contributed by atoms with Gasteiger partial charge in [-0.3, -0.25) is 14.4 Å². The van der Waals surface area contributed by atoms with E-state index in [0.717, 1.165) is 11.1 Å². The maximum atomic E-state index is 13.3. The van der Waals surface area contributed by atoms with Crippen molar-refractivity contribution >= 4 is 35.0 Å². The second kappa shape index (κ2) is 10.4. The largest absolute Gasteiger partial charge is 0.380 e. The number of hydrogen-bond acceptors (Lipinski definition) is 4. The summed E-state index contributed by atoms with van der Waals surface area (Å²) >= 11 is 6.45.